The monoisotopic (exact) mass is 312 g/mol. The van der Waals surface area contributed by atoms with Crippen molar-refractivity contribution in [2.75, 3.05) is 26.3 Å². The van der Waals surface area contributed by atoms with Crippen molar-refractivity contribution in [3.8, 4) is 5.75 Å². The molecule has 5 nitrogen and oxygen atoms in total. The van der Waals surface area contributed by atoms with Crippen molar-refractivity contribution in [2.24, 2.45) is 0 Å². The van der Waals surface area contributed by atoms with E-state index in [4.69, 9.17) is 21.1 Å². The first-order chi connectivity index (χ1) is 10.3. The van der Waals surface area contributed by atoms with Crippen LogP contribution >= 0.6 is 11.6 Å². The molecule has 116 valence electrons. The number of hydrogen-bond acceptors (Lipinski definition) is 3. The Morgan fingerprint density at radius 3 is 3.00 bits per heavy atom. The molecule has 1 aromatic rings. The number of rotatable bonds is 7. The molecule has 2 amide bonds. The fraction of sp³-hybridized carbons (Fsp3) is 0.533. The van der Waals surface area contributed by atoms with Gasteiger partial charge < -0.3 is 20.1 Å². The third-order valence-electron chi connectivity index (χ3n) is 3.22. The summed E-state index contributed by atoms with van der Waals surface area (Å²) in [7, 11) is 0. The van der Waals surface area contributed by atoms with E-state index < -0.39 is 0 Å². The van der Waals surface area contributed by atoms with Gasteiger partial charge in [0, 0.05) is 19.7 Å². The topological polar surface area (TPSA) is 59.6 Å². The molecule has 0 radical (unpaired) electrons. The van der Waals surface area contributed by atoms with Crippen molar-refractivity contribution in [1.29, 1.82) is 0 Å². The summed E-state index contributed by atoms with van der Waals surface area (Å²) in [6.45, 7) is 2.44. The zero-order valence-electron chi connectivity index (χ0n) is 11.9. The summed E-state index contributed by atoms with van der Waals surface area (Å²) in [6, 6.07) is 7.17. The Kier molecular flexibility index (Phi) is 6.63. The second kappa shape index (κ2) is 8.74. The van der Waals surface area contributed by atoms with Gasteiger partial charge in [-0.1, -0.05) is 23.7 Å². The van der Waals surface area contributed by atoms with E-state index in [0.29, 0.717) is 30.5 Å². The molecular weight excluding hydrogens is 292 g/mol. The van der Waals surface area contributed by atoms with Crippen molar-refractivity contribution >= 4 is 17.6 Å². The van der Waals surface area contributed by atoms with E-state index in [1.807, 2.05) is 18.2 Å². The Morgan fingerprint density at radius 2 is 2.24 bits per heavy atom. The third kappa shape index (κ3) is 5.81. The molecule has 1 aliphatic heterocycles. The molecule has 2 N–H and O–H groups in total. The summed E-state index contributed by atoms with van der Waals surface area (Å²) >= 11 is 5.97. The number of carbonyl (C=O) groups excluding carboxylic acids is 1. The summed E-state index contributed by atoms with van der Waals surface area (Å²) in [4.78, 5) is 11.5. The molecule has 1 aromatic carbocycles. The molecule has 0 aliphatic carbocycles. The van der Waals surface area contributed by atoms with Crippen LogP contribution in [0, 0.1) is 0 Å². The number of amides is 2. The normalized spacial score (nSPS) is 17.5. The van der Waals surface area contributed by atoms with Crippen LogP contribution in [-0.2, 0) is 4.74 Å². The molecule has 1 aliphatic rings. The molecule has 1 heterocycles. The molecule has 2 rings (SSSR count). The van der Waals surface area contributed by atoms with Gasteiger partial charge in [-0.2, -0.15) is 0 Å². The van der Waals surface area contributed by atoms with Crippen LogP contribution in [0.25, 0.3) is 0 Å². The largest absolute Gasteiger partial charge is 0.492 e. The van der Waals surface area contributed by atoms with Gasteiger partial charge in [0.1, 0.15) is 5.75 Å². The van der Waals surface area contributed by atoms with Gasteiger partial charge >= 0.3 is 6.03 Å². The molecule has 6 heteroatoms. The maximum absolute atomic E-state index is 11.5. The maximum Gasteiger partial charge on any atom is 0.314 e. The zero-order chi connectivity index (χ0) is 14.9. The van der Waals surface area contributed by atoms with Crippen LogP contribution in [0.5, 0.6) is 5.75 Å². The zero-order valence-corrected chi connectivity index (χ0v) is 12.7. The Morgan fingerprint density at radius 1 is 1.38 bits per heavy atom. The van der Waals surface area contributed by atoms with Crippen molar-refractivity contribution in [3.63, 3.8) is 0 Å². The first-order valence-corrected chi connectivity index (χ1v) is 7.64. The van der Waals surface area contributed by atoms with Crippen LogP contribution in [0.3, 0.4) is 0 Å². The number of benzene rings is 1. The summed E-state index contributed by atoms with van der Waals surface area (Å²) in [6.07, 6.45) is 2.98. The van der Waals surface area contributed by atoms with E-state index in [1.165, 1.54) is 0 Å². The summed E-state index contributed by atoms with van der Waals surface area (Å²) in [5, 5.41) is 6.19. The van der Waals surface area contributed by atoms with Crippen molar-refractivity contribution in [2.45, 2.75) is 25.4 Å². The van der Waals surface area contributed by atoms with E-state index in [-0.39, 0.29) is 12.1 Å². The van der Waals surface area contributed by atoms with Crippen LogP contribution < -0.4 is 15.4 Å². The lowest BCUT2D eigenvalue weighted by Gasteiger charge is -2.12. The average Bonchev–Trinajstić information content (AvgIpc) is 3.00. The van der Waals surface area contributed by atoms with Crippen LogP contribution in [0.4, 0.5) is 4.79 Å². The van der Waals surface area contributed by atoms with Crippen LogP contribution in [0.2, 0.25) is 5.02 Å². The van der Waals surface area contributed by atoms with Gasteiger partial charge in [-0.05, 0) is 31.4 Å². The Hall–Kier alpha value is -1.46. The van der Waals surface area contributed by atoms with Gasteiger partial charge in [0.2, 0.25) is 0 Å². The quantitative estimate of drug-likeness (QED) is 0.761. The molecular formula is C15H21ClN2O3. The standard InChI is InChI=1S/C15H21ClN2O3/c16-13-6-1-2-7-14(13)21-10-4-8-17-15(19)18-11-12-5-3-9-20-12/h1-2,6-7,12H,3-5,8-11H2,(H2,17,18,19). The summed E-state index contributed by atoms with van der Waals surface area (Å²) in [5.74, 6) is 0.669. The minimum absolute atomic E-state index is 0.164. The van der Waals surface area contributed by atoms with E-state index in [1.54, 1.807) is 6.07 Å². The molecule has 0 saturated carbocycles. The van der Waals surface area contributed by atoms with E-state index >= 15 is 0 Å². The molecule has 1 fully saturated rings. The molecule has 0 bridgehead atoms. The minimum Gasteiger partial charge on any atom is -0.492 e. The van der Waals surface area contributed by atoms with E-state index in [9.17, 15) is 4.79 Å². The first-order valence-electron chi connectivity index (χ1n) is 7.26. The number of urea groups is 1. The highest BCUT2D eigenvalue weighted by Gasteiger charge is 2.15. The molecule has 0 spiro atoms. The summed E-state index contributed by atoms with van der Waals surface area (Å²) in [5.41, 5.74) is 0. The highest BCUT2D eigenvalue weighted by atomic mass is 35.5. The lowest BCUT2D eigenvalue weighted by atomic mass is 10.2. The molecule has 1 saturated heterocycles. The Labute approximate surface area is 130 Å². The number of hydrogen-bond donors (Lipinski definition) is 2. The number of halogens is 1. The van der Waals surface area contributed by atoms with Crippen molar-refractivity contribution in [1.82, 2.24) is 10.6 Å². The number of ether oxygens (including phenoxy) is 2. The van der Waals surface area contributed by atoms with E-state index in [2.05, 4.69) is 10.6 Å². The fourth-order valence-corrected chi connectivity index (χ4v) is 2.28. The molecule has 1 atom stereocenters. The highest BCUT2D eigenvalue weighted by Crippen LogP contribution is 2.22. The maximum atomic E-state index is 11.5. The highest BCUT2D eigenvalue weighted by molar-refractivity contribution is 6.32. The third-order valence-corrected chi connectivity index (χ3v) is 3.53. The molecule has 1 unspecified atom stereocenters. The van der Waals surface area contributed by atoms with Gasteiger partial charge in [0.25, 0.3) is 0 Å². The van der Waals surface area contributed by atoms with Gasteiger partial charge in [0.15, 0.2) is 0 Å². The SMILES string of the molecule is O=C(NCCCOc1ccccc1Cl)NCC1CCCO1. The van der Waals surface area contributed by atoms with Crippen molar-refractivity contribution < 1.29 is 14.3 Å². The van der Waals surface area contributed by atoms with E-state index in [0.717, 1.165) is 25.9 Å². The smallest absolute Gasteiger partial charge is 0.314 e. The molecule has 21 heavy (non-hydrogen) atoms. The Bertz CT molecular complexity index is 450. The van der Waals surface area contributed by atoms with Gasteiger partial charge in [-0.3, -0.25) is 0 Å². The first kappa shape index (κ1) is 15.9. The fourth-order valence-electron chi connectivity index (χ4n) is 2.09. The van der Waals surface area contributed by atoms with Crippen molar-refractivity contribution in [3.05, 3.63) is 29.3 Å². The molecule has 0 aromatic heterocycles. The number of carbonyl (C=O) groups is 1. The van der Waals surface area contributed by atoms with Gasteiger partial charge in [-0.15, -0.1) is 0 Å². The van der Waals surface area contributed by atoms with Crippen LogP contribution in [-0.4, -0.2) is 38.4 Å². The van der Waals surface area contributed by atoms with Gasteiger partial charge in [0.05, 0.1) is 17.7 Å². The van der Waals surface area contributed by atoms with Gasteiger partial charge in [-0.25, -0.2) is 4.79 Å². The minimum atomic E-state index is -0.164. The lowest BCUT2D eigenvalue weighted by Crippen LogP contribution is -2.40. The average molecular weight is 313 g/mol. The second-order valence-electron chi connectivity index (χ2n) is 4.90. The Balaban J connectivity index is 1.51. The summed E-state index contributed by atoms with van der Waals surface area (Å²) < 4.78 is 11.0. The second-order valence-corrected chi connectivity index (χ2v) is 5.31. The predicted molar refractivity (Wildman–Crippen MR) is 81.9 cm³/mol. The lowest BCUT2D eigenvalue weighted by molar-refractivity contribution is 0.111. The predicted octanol–water partition coefficient (Wildman–Crippen LogP) is 2.59. The number of para-hydroxylation sites is 1. The van der Waals surface area contributed by atoms with Crippen LogP contribution in [0.15, 0.2) is 24.3 Å². The van der Waals surface area contributed by atoms with Crippen LogP contribution in [0.1, 0.15) is 19.3 Å². The number of nitrogens with one attached hydrogen (secondary N) is 2.